The first-order valence-corrected chi connectivity index (χ1v) is 30.8. The zero-order valence-electron chi connectivity index (χ0n) is 45.5. The number of phosphoric acid groups is 2. The van der Waals surface area contributed by atoms with Gasteiger partial charge >= 0.3 is 0 Å². The van der Waals surface area contributed by atoms with E-state index in [4.69, 9.17) is 13.7 Å². The number of phosphoric ester groups is 2. The van der Waals surface area contributed by atoms with Gasteiger partial charge in [0.1, 0.15) is 0 Å². The second-order valence-electron chi connectivity index (χ2n) is 17.9. The van der Waals surface area contributed by atoms with Gasteiger partial charge in [0, 0.05) is 23.4 Å². The van der Waals surface area contributed by atoms with Crippen LogP contribution in [-0.4, -0.2) is 89.4 Å². The van der Waals surface area contributed by atoms with E-state index in [1.165, 1.54) is 12.8 Å². The Morgan fingerprint density at radius 3 is 1.03 bits per heavy atom. The van der Waals surface area contributed by atoms with Crippen molar-refractivity contribution in [1.29, 1.82) is 0 Å². The SMILES string of the molecule is C.CC(C)C(COS(=O)(=O)[O-])COS(=O)(=O)[O-].CCC(C)C.CCC(C)C.CCC(COO[O-])(COS(=O)(=O)[O-])C(C)C.CCC(COP(=O)([O-])[O-])C(C)C.CCC(CO[O-])(COP(=O)([O-])[O-])C(C)C.O=P[O-].O=S. The Bertz CT molecular complexity index is 1690. The summed E-state index contributed by atoms with van der Waals surface area (Å²) in [4.78, 5) is 57.4. The Hall–Kier alpha value is -0.290. The molecule has 0 radical (unpaired) electrons. The molecule has 75 heavy (non-hydrogen) atoms. The molecule has 0 aromatic rings. The van der Waals surface area contributed by atoms with Gasteiger partial charge in [-0.05, 0) is 54.3 Å². The topological polar surface area (TPSA) is 475 Å². The average molecular weight is 1240 g/mol. The van der Waals surface area contributed by atoms with Gasteiger partial charge in [0.25, 0.3) is 0 Å². The van der Waals surface area contributed by atoms with E-state index in [0.29, 0.717) is 18.8 Å². The molecule has 0 saturated heterocycles. The third-order valence-corrected chi connectivity index (χ3v) is 13.1. The summed E-state index contributed by atoms with van der Waals surface area (Å²) < 4.78 is 149. The van der Waals surface area contributed by atoms with Crippen LogP contribution >= 0.6 is 24.3 Å². The number of rotatable bonds is 29. The quantitative estimate of drug-likeness (QED) is 0.0341. The largest absolute Gasteiger partial charge is 0.790 e. The molecule has 3 unspecified atom stereocenters. The molecule has 0 aromatic heterocycles. The number of hydrogen-bond acceptors (Lipinski definition) is 29. The summed E-state index contributed by atoms with van der Waals surface area (Å²) in [7, 11) is -25.3. The Balaban J connectivity index is -0.000000101. The molecule has 3 atom stereocenters. The Labute approximate surface area is 456 Å². The van der Waals surface area contributed by atoms with Crippen molar-refractivity contribution in [2.75, 3.05) is 46.2 Å². The van der Waals surface area contributed by atoms with Crippen molar-refractivity contribution >= 4 is 68.1 Å². The van der Waals surface area contributed by atoms with Crippen LogP contribution in [0.5, 0.6) is 0 Å². The van der Waals surface area contributed by atoms with E-state index < -0.39 is 85.5 Å². The second kappa shape index (κ2) is 51.8. The highest BCUT2D eigenvalue weighted by molar-refractivity contribution is 7.81. The minimum absolute atomic E-state index is 0. The van der Waals surface area contributed by atoms with E-state index >= 15 is 0 Å². The lowest BCUT2D eigenvalue weighted by molar-refractivity contribution is -0.801. The minimum atomic E-state index is -5.00. The van der Waals surface area contributed by atoms with Crippen molar-refractivity contribution in [3.05, 3.63) is 0 Å². The second-order valence-corrected chi connectivity index (χ2v) is 23.6. The molecular weight excluding hydrogens is 1150 g/mol. The highest BCUT2D eigenvalue weighted by Gasteiger charge is 2.34. The fraction of sp³-hybridized carbons (Fsp3) is 1.00. The van der Waals surface area contributed by atoms with Crippen LogP contribution in [0.2, 0.25) is 0 Å². The first kappa shape index (κ1) is 94.0. The molecule has 0 bridgehead atoms. The molecule has 0 spiro atoms. The summed E-state index contributed by atoms with van der Waals surface area (Å²) in [5.74, 6) is 1.26. The molecule has 35 heteroatoms. The van der Waals surface area contributed by atoms with Crippen molar-refractivity contribution in [2.45, 2.75) is 157 Å². The highest BCUT2D eigenvalue weighted by atomic mass is 32.3. The lowest BCUT2D eigenvalue weighted by atomic mass is 9.76. The Morgan fingerprint density at radius 1 is 0.520 bits per heavy atom. The smallest absolute Gasteiger partial charge is 0.217 e. The van der Waals surface area contributed by atoms with Gasteiger partial charge in [-0.3, -0.25) is 22.2 Å². The van der Waals surface area contributed by atoms with Crippen molar-refractivity contribution in [1.82, 2.24) is 0 Å². The third kappa shape index (κ3) is 71.7. The van der Waals surface area contributed by atoms with Crippen molar-refractivity contribution in [3.8, 4) is 0 Å². The fourth-order valence-corrected chi connectivity index (χ4v) is 6.23. The summed E-state index contributed by atoms with van der Waals surface area (Å²) in [5, 5.41) is 23.2. The van der Waals surface area contributed by atoms with Gasteiger partial charge in [-0.15, -0.1) is 0 Å². The first-order valence-electron chi connectivity index (χ1n) is 22.8. The molecule has 0 fully saturated rings. The van der Waals surface area contributed by atoms with E-state index in [2.05, 4.69) is 90.5 Å². The molecule has 0 aromatic carbocycles. The molecule has 464 valence electrons. The zero-order chi connectivity index (χ0) is 61.0. The highest BCUT2D eigenvalue weighted by Crippen LogP contribution is 2.37. The predicted octanol–water partition coefficient (Wildman–Crippen LogP) is 2.60. The summed E-state index contributed by atoms with van der Waals surface area (Å²) >= 11 is 2.83. The monoisotopic (exact) mass is 1240 g/mol. The standard InChI is InChI=1S/C8H18O7S.C8H19O6P.C7H17O4P.C6H14O8S2.2C5H12.CH4.HO2P.OS/c1-4-8(7(2)3,5-13-15-9)6-14-16(10,11)12;1-4-8(5-13-9,7(2)3)6-14-15(10,11)12;1-4-7(6(2)3)5-11-12(8,9)10;1-5(2)6(3-13-15(7,8)9)4-14-16(10,11)12;2*1-4-5(2)3;;1-3-2;1-2/h7,9H,4-6H2,1-3H3,(H,10,11,12);7,9H,4-6H2,1-3H3,(H2,10,11,12);6-7H,4-5H2,1-3H3,(H2,8,9,10);5-6H,3-4H2,1-2H3,(H,7,8,9)(H,10,11,12);2*5H,4H2,1-3H3;1H4;(H,1,2);/p-10. The molecular formula is C40H87O28P3S4-10. The molecule has 0 heterocycles. The van der Waals surface area contributed by atoms with E-state index in [-0.39, 0.29) is 64.1 Å². The van der Waals surface area contributed by atoms with Gasteiger partial charge in [0.05, 0.1) is 64.0 Å². The molecule has 0 aliphatic rings. The van der Waals surface area contributed by atoms with Crippen LogP contribution in [0.4, 0.5) is 0 Å². The van der Waals surface area contributed by atoms with Crippen molar-refractivity contribution < 1.29 is 128 Å². The Kier molecular flexibility index (Phi) is 65.0. The lowest BCUT2D eigenvalue weighted by Crippen LogP contribution is -2.39. The number of hydrogen-bond donors (Lipinski definition) is 0. The molecule has 28 nitrogen and oxygen atoms in total. The lowest BCUT2D eigenvalue weighted by Gasteiger charge is -2.40. The van der Waals surface area contributed by atoms with Crippen molar-refractivity contribution in [3.63, 3.8) is 0 Å². The van der Waals surface area contributed by atoms with Gasteiger partial charge < -0.3 is 71.7 Å². The molecule has 0 aliphatic carbocycles. The normalized spacial score (nSPS) is 13.8. The van der Waals surface area contributed by atoms with Gasteiger partial charge in [0.2, 0.25) is 31.2 Å². The van der Waals surface area contributed by atoms with Gasteiger partial charge in [0.15, 0.2) is 12.5 Å². The zero-order valence-corrected chi connectivity index (χ0v) is 51.5. The van der Waals surface area contributed by atoms with Gasteiger partial charge in [-0.2, -0.15) is 4.21 Å². The van der Waals surface area contributed by atoms with Gasteiger partial charge in [-0.25, -0.2) is 30.1 Å². The molecule has 0 saturated carbocycles. The fourth-order valence-electron chi connectivity index (χ4n) is 4.37. The molecule has 0 amide bonds. The van der Waals surface area contributed by atoms with Crippen LogP contribution < -0.4 is 35.0 Å². The summed E-state index contributed by atoms with van der Waals surface area (Å²) in [6.45, 7) is 31.2. The molecule has 0 N–H and O–H groups in total. The van der Waals surface area contributed by atoms with Crippen LogP contribution in [0.25, 0.3) is 0 Å². The van der Waals surface area contributed by atoms with E-state index in [1.807, 2.05) is 34.6 Å². The average Bonchev–Trinajstić information content (AvgIpc) is 3.25. The summed E-state index contributed by atoms with van der Waals surface area (Å²) in [6.07, 6.45) is 4.40. The van der Waals surface area contributed by atoms with E-state index in [0.717, 1.165) is 18.3 Å². The third-order valence-electron chi connectivity index (χ3n) is 10.9. The van der Waals surface area contributed by atoms with Gasteiger partial charge in [-0.1, -0.05) is 144 Å². The maximum absolute atomic E-state index is 10.4. The van der Waals surface area contributed by atoms with Crippen LogP contribution in [0.3, 0.4) is 0 Å². The predicted molar refractivity (Wildman–Crippen MR) is 262 cm³/mol. The van der Waals surface area contributed by atoms with Crippen LogP contribution in [0, 0.1) is 58.2 Å². The van der Waals surface area contributed by atoms with E-state index in [9.17, 15) is 78.1 Å². The maximum atomic E-state index is 10.4. The van der Waals surface area contributed by atoms with Crippen LogP contribution in [-0.2, 0) is 93.8 Å². The molecule has 0 rings (SSSR count). The Morgan fingerprint density at radius 2 is 0.827 bits per heavy atom. The summed E-state index contributed by atoms with van der Waals surface area (Å²) in [5.41, 5.74) is -1.48. The minimum Gasteiger partial charge on any atom is -0.790 e. The first-order chi connectivity index (χ1) is 33.4. The summed E-state index contributed by atoms with van der Waals surface area (Å²) in [6, 6.07) is 0. The van der Waals surface area contributed by atoms with Crippen molar-refractivity contribution in [2.24, 2.45) is 58.2 Å². The van der Waals surface area contributed by atoms with E-state index in [1.54, 1.807) is 41.5 Å². The van der Waals surface area contributed by atoms with Crippen LogP contribution in [0.15, 0.2) is 0 Å². The maximum Gasteiger partial charge on any atom is 0.217 e. The molecule has 0 aliphatic heterocycles. The van der Waals surface area contributed by atoms with Crippen LogP contribution in [0.1, 0.15) is 157 Å².